The van der Waals surface area contributed by atoms with Crippen molar-refractivity contribution >= 4 is 5.69 Å². The maximum absolute atomic E-state index is 13.8. The van der Waals surface area contributed by atoms with E-state index in [-0.39, 0.29) is 12.4 Å². The summed E-state index contributed by atoms with van der Waals surface area (Å²) in [6, 6.07) is 6.06. The Labute approximate surface area is 109 Å². The van der Waals surface area contributed by atoms with E-state index >= 15 is 0 Å². The van der Waals surface area contributed by atoms with Crippen LogP contribution < -0.4 is 10.6 Å². The van der Waals surface area contributed by atoms with Gasteiger partial charge in [0.25, 0.3) is 0 Å². The summed E-state index contributed by atoms with van der Waals surface area (Å²) in [6.07, 6.45) is 6.11. The number of benzene rings is 1. The highest BCUT2D eigenvalue weighted by Gasteiger charge is 2.22. The molecule has 3 heteroatoms. The number of rotatable bonds is 4. The molecule has 18 heavy (non-hydrogen) atoms. The average molecular weight is 250 g/mol. The SMILES string of the molecule is CCCC1CCCCN1c1ccc(CN)c(F)c1. The van der Waals surface area contributed by atoms with Crippen molar-refractivity contribution in [2.45, 2.75) is 51.6 Å². The minimum absolute atomic E-state index is 0.171. The van der Waals surface area contributed by atoms with Crippen LogP contribution in [0.1, 0.15) is 44.6 Å². The van der Waals surface area contributed by atoms with E-state index in [1.54, 1.807) is 6.07 Å². The smallest absolute Gasteiger partial charge is 0.129 e. The number of anilines is 1. The van der Waals surface area contributed by atoms with Gasteiger partial charge in [-0.25, -0.2) is 4.39 Å². The molecule has 1 aliphatic heterocycles. The van der Waals surface area contributed by atoms with Crippen LogP contribution in [0.3, 0.4) is 0 Å². The van der Waals surface area contributed by atoms with Crippen molar-refractivity contribution in [2.24, 2.45) is 5.73 Å². The molecule has 100 valence electrons. The van der Waals surface area contributed by atoms with E-state index in [4.69, 9.17) is 5.73 Å². The molecular formula is C15H23FN2. The fraction of sp³-hybridized carbons (Fsp3) is 0.600. The lowest BCUT2D eigenvalue weighted by molar-refractivity contribution is 0.434. The zero-order valence-electron chi connectivity index (χ0n) is 11.2. The second kappa shape index (κ2) is 6.19. The molecule has 0 saturated carbocycles. The van der Waals surface area contributed by atoms with Gasteiger partial charge in [0.1, 0.15) is 5.82 Å². The molecule has 1 heterocycles. The molecule has 2 N–H and O–H groups in total. The van der Waals surface area contributed by atoms with Gasteiger partial charge in [0.2, 0.25) is 0 Å². The van der Waals surface area contributed by atoms with E-state index in [1.165, 1.54) is 32.1 Å². The van der Waals surface area contributed by atoms with E-state index < -0.39 is 0 Å². The average Bonchev–Trinajstić information content (AvgIpc) is 2.40. The van der Waals surface area contributed by atoms with Crippen molar-refractivity contribution in [3.8, 4) is 0 Å². The molecule has 1 atom stereocenters. The summed E-state index contributed by atoms with van der Waals surface area (Å²) in [6.45, 7) is 3.53. The van der Waals surface area contributed by atoms with Crippen molar-refractivity contribution in [1.82, 2.24) is 0 Å². The number of halogens is 1. The number of piperidine rings is 1. The van der Waals surface area contributed by atoms with Gasteiger partial charge in [0, 0.05) is 30.4 Å². The van der Waals surface area contributed by atoms with Gasteiger partial charge in [-0.1, -0.05) is 19.4 Å². The predicted molar refractivity (Wildman–Crippen MR) is 74.2 cm³/mol. The minimum atomic E-state index is -0.171. The van der Waals surface area contributed by atoms with E-state index in [9.17, 15) is 4.39 Å². The molecule has 0 radical (unpaired) electrons. The largest absolute Gasteiger partial charge is 0.368 e. The third-order valence-electron chi connectivity index (χ3n) is 3.84. The Kier molecular flexibility index (Phi) is 4.59. The molecule has 0 bridgehead atoms. The molecule has 1 fully saturated rings. The summed E-state index contributed by atoms with van der Waals surface area (Å²) >= 11 is 0. The van der Waals surface area contributed by atoms with Gasteiger partial charge in [0.05, 0.1) is 0 Å². The van der Waals surface area contributed by atoms with E-state index in [2.05, 4.69) is 11.8 Å². The Morgan fingerprint density at radius 3 is 2.89 bits per heavy atom. The highest BCUT2D eigenvalue weighted by molar-refractivity contribution is 5.49. The lowest BCUT2D eigenvalue weighted by Gasteiger charge is -2.37. The van der Waals surface area contributed by atoms with Gasteiger partial charge in [-0.05, 0) is 37.8 Å². The first-order chi connectivity index (χ1) is 8.76. The Morgan fingerprint density at radius 1 is 1.39 bits per heavy atom. The topological polar surface area (TPSA) is 29.3 Å². The third-order valence-corrected chi connectivity index (χ3v) is 3.84. The number of hydrogen-bond donors (Lipinski definition) is 1. The van der Waals surface area contributed by atoms with Gasteiger partial charge in [-0.15, -0.1) is 0 Å². The molecule has 1 aromatic rings. The van der Waals surface area contributed by atoms with E-state index in [0.29, 0.717) is 11.6 Å². The van der Waals surface area contributed by atoms with Crippen LogP contribution in [0.5, 0.6) is 0 Å². The predicted octanol–water partition coefficient (Wildman–Crippen LogP) is 3.44. The second-order valence-electron chi connectivity index (χ2n) is 5.11. The summed E-state index contributed by atoms with van der Waals surface area (Å²) in [7, 11) is 0. The lowest BCUT2D eigenvalue weighted by Crippen LogP contribution is -2.39. The quantitative estimate of drug-likeness (QED) is 0.887. The third kappa shape index (κ3) is 2.83. The molecule has 1 saturated heterocycles. The highest BCUT2D eigenvalue weighted by atomic mass is 19.1. The zero-order valence-corrected chi connectivity index (χ0v) is 11.2. The Morgan fingerprint density at radius 2 is 2.22 bits per heavy atom. The summed E-state index contributed by atoms with van der Waals surface area (Å²) in [5, 5.41) is 0. The van der Waals surface area contributed by atoms with Crippen molar-refractivity contribution in [3.05, 3.63) is 29.6 Å². The minimum Gasteiger partial charge on any atom is -0.368 e. The Bertz CT molecular complexity index is 390. The normalized spacial score (nSPS) is 20.2. The van der Waals surface area contributed by atoms with Crippen LogP contribution in [0.2, 0.25) is 0 Å². The van der Waals surface area contributed by atoms with Gasteiger partial charge in [-0.3, -0.25) is 0 Å². The number of nitrogens with two attached hydrogens (primary N) is 1. The summed E-state index contributed by atoms with van der Waals surface area (Å²) in [5.41, 5.74) is 7.12. The molecule has 0 spiro atoms. The van der Waals surface area contributed by atoms with Crippen LogP contribution in [-0.4, -0.2) is 12.6 Å². The van der Waals surface area contributed by atoms with Crippen molar-refractivity contribution in [2.75, 3.05) is 11.4 Å². The van der Waals surface area contributed by atoms with Crippen LogP contribution in [0.4, 0.5) is 10.1 Å². The molecule has 0 aromatic heterocycles. The molecule has 2 nitrogen and oxygen atoms in total. The summed E-state index contributed by atoms with van der Waals surface area (Å²) < 4.78 is 13.8. The first-order valence-corrected chi connectivity index (χ1v) is 7.01. The van der Waals surface area contributed by atoms with Crippen molar-refractivity contribution in [3.63, 3.8) is 0 Å². The molecule has 2 rings (SSSR count). The second-order valence-corrected chi connectivity index (χ2v) is 5.11. The fourth-order valence-electron chi connectivity index (χ4n) is 2.85. The van der Waals surface area contributed by atoms with Gasteiger partial charge in [0.15, 0.2) is 0 Å². The van der Waals surface area contributed by atoms with Gasteiger partial charge >= 0.3 is 0 Å². The van der Waals surface area contributed by atoms with Crippen molar-refractivity contribution in [1.29, 1.82) is 0 Å². The fourth-order valence-corrected chi connectivity index (χ4v) is 2.85. The standard InChI is InChI=1S/C15H23FN2/c1-2-5-13-6-3-4-9-18(13)14-8-7-12(11-17)15(16)10-14/h7-8,10,13H,2-6,9,11,17H2,1H3. The molecule has 1 aliphatic rings. The molecule has 0 amide bonds. The first-order valence-electron chi connectivity index (χ1n) is 7.01. The highest BCUT2D eigenvalue weighted by Crippen LogP contribution is 2.28. The van der Waals surface area contributed by atoms with Crippen LogP contribution in [0, 0.1) is 5.82 Å². The van der Waals surface area contributed by atoms with Gasteiger partial charge < -0.3 is 10.6 Å². The Balaban J connectivity index is 2.19. The van der Waals surface area contributed by atoms with E-state index in [0.717, 1.165) is 12.2 Å². The van der Waals surface area contributed by atoms with E-state index in [1.807, 2.05) is 12.1 Å². The van der Waals surface area contributed by atoms with Crippen LogP contribution in [0.15, 0.2) is 18.2 Å². The summed E-state index contributed by atoms with van der Waals surface area (Å²) in [4.78, 5) is 2.37. The zero-order chi connectivity index (χ0) is 13.0. The van der Waals surface area contributed by atoms with Crippen LogP contribution in [0.25, 0.3) is 0 Å². The van der Waals surface area contributed by atoms with Crippen LogP contribution >= 0.6 is 0 Å². The first kappa shape index (κ1) is 13.3. The molecule has 1 aromatic carbocycles. The van der Waals surface area contributed by atoms with Gasteiger partial charge in [-0.2, -0.15) is 0 Å². The Hall–Kier alpha value is -1.09. The molecule has 0 aliphatic carbocycles. The van der Waals surface area contributed by atoms with Crippen LogP contribution in [-0.2, 0) is 6.54 Å². The number of nitrogens with zero attached hydrogens (tertiary/aromatic N) is 1. The van der Waals surface area contributed by atoms with Crippen molar-refractivity contribution < 1.29 is 4.39 Å². The molecular weight excluding hydrogens is 227 g/mol. The maximum Gasteiger partial charge on any atom is 0.129 e. The molecule has 1 unspecified atom stereocenters. The lowest BCUT2D eigenvalue weighted by atomic mass is 9.97. The number of hydrogen-bond acceptors (Lipinski definition) is 2. The monoisotopic (exact) mass is 250 g/mol. The summed E-state index contributed by atoms with van der Waals surface area (Å²) in [5.74, 6) is -0.171. The maximum atomic E-state index is 13.8.